The monoisotopic (exact) mass is 266 g/mol. The number of hydrogen-bond acceptors (Lipinski definition) is 2. The number of halogens is 3. The zero-order valence-corrected chi connectivity index (χ0v) is 11.4. The van der Waals surface area contributed by atoms with E-state index in [0.29, 0.717) is 18.6 Å². The average molecular weight is 266 g/mol. The minimum Gasteiger partial charge on any atom is -0.314 e. The van der Waals surface area contributed by atoms with E-state index >= 15 is 0 Å². The van der Waals surface area contributed by atoms with Gasteiger partial charge in [-0.3, -0.25) is 0 Å². The summed E-state index contributed by atoms with van der Waals surface area (Å²) < 4.78 is 36.2. The molecule has 0 spiro atoms. The van der Waals surface area contributed by atoms with E-state index < -0.39 is 12.6 Å². The topological polar surface area (TPSA) is 15.3 Å². The highest BCUT2D eigenvalue weighted by Gasteiger charge is 2.27. The van der Waals surface area contributed by atoms with E-state index in [9.17, 15) is 13.2 Å². The molecule has 1 N–H and O–H groups in total. The predicted molar refractivity (Wildman–Crippen MR) is 67.6 cm³/mol. The second-order valence-corrected chi connectivity index (χ2v) is 5.26. The Kier molecular flexibility index (Phi) is 6.43. The zero-order valence-electron chi connectivity index (χ0n) is 11.4. The minimum atomic E-state index is -4.01. The van der Waals surface area contributed by atoms with Crippen molar-refractivity contribution >= 4 is 0 Å². The van der Waals surface area contributed by atoms with Crippen molar-refractivity contribution in [3.63, 3.8) is 0 Å². The fourth-order valence-corrected chi connectivity index (χ4v) is 2.72. The summed E-state index contributed by atoms with van der Waals surface area (Å²) >= 11 is 0. The number of alkyl halides is 3. The summed E-state index contributed by atoms with van der Waals surface area (Å²) in [5.74, 6) is 0. The maximum absolute atomic E-state index is 12.1. The van der Waals surface area contributed by atoms with Gasteiger partial charge in [0.05, 0.1) is 0 Å². The van der Waals surface area contributed by atoms with Crippen LogP contribution in [0.4, 0.5) is 13.2 Å². The van der Waals surface area contributed by atoms with Crippen molar-refractivity contribution in [3.05, 3.63) is 0 Å². The van der Waals surface area contributed by atoms with E-state index in [-0.39, 0.29) is 6.42 Å². The maximum Gasteiger partial charge on any atom is 0.389 e. The highest BCUT2D eigenvalue weighted by molar-refractivity contribution is 4.81. The van der Waals surface area contributed by atoms with Gasteiger partial charge in [0.25, 0.3) is 0 Å². The van der Waals surface area contributed by atoms with Crippen molar-refractivity contribution in [1.29, 1.82) is 0 Å². The molecule has 18 heavy (non-hydrogen) atoms. The predicted octanol–water partition coefficient (Wildman–Crippen LogP) is 3.18. The van der Waals surface area contributed by atoms with Gasteiger partial charge in [0.1, 0.15) is 0 Å². The van der Waals surface area contributed by atoms with Crippen molar-refractivity contribution in [3.8, 4) is 0 Å². The Hall–Kier alpha value is -0.290. The lowest BCUT2D eigenvalue weighted by Crippen LogP contribution is -2.41. The Morgan fingerprint density at radius 2 is 1.78 bits per heavy atom. The van der Waals surface area contributed by atoms with Crippen LogP contribution in [0, 0.1) is 0 Å². The molecular formula is C13H25F3N2. The minimum absolute atomic E-state index is 0.215. The highest BCUT2D eigenvalue weighted by Crippen LogP contribution is 2.24. The van der Waals surface area contributed by atoms with Crippen LogP contribution >= 0.6 is 0 Å². The van der Waals surface area contributed by atoms with Gasteiger partial charge in [-0.15, -0.1) is 0 Å². The molecule has 1 saturated carbocycles. The molecule has 2 nitrogen and oxygen atoms in total. The van der Waals surface area contributed by atoms with E-state index in [0.717, 1.165) is 32.2 Å². The molecule has 0 radical (unpaired) electrons. The molecule has 0 aromatic rings. The fraction of sp³-hybridized carbons (Fsp3) is 1.00. The molecule has 108 valence electrons. The van der Waals surface area contributed by atoms with Crippen molar-refractivity contribution in [2.24, 2.45) is 0 Å². The molecule has 1 rings (SSSR count). The second kappa shape index (κ2) is 7.34. The molecule has 0 heterocycles. The third kappa shape index (κ3) is 6.05. The van der Waals surface area contributed by atoms with E-state index in [1.165, 1.54) is 0 Å². The molecule has 5 heteroatoms. The molecule has 1 aliphatic rings. The summed E-state index contributed by atoms with van der Waals surface area (Å²) in [6, 6.07) is 1.07. The van der Waals surface area contributed by atoms with Crippen LogP contribution in [-0.2, 0) is 0 Å². The summed E-state index contributed by atoms with van der Waals surface area (Å²) in [5, 5.41) is 3.44. The maximum atomic E-state index is 12.1. The largest absolute Gasteiger partial charge is 0.389 e. The molecule has 0 amide bonds. The molecule has 0 atom stereocenters. The van der Waals surface area contributed by atoms with Gasteiger partial charge in [0.2, 0.25) is 0 Å². The molecule has 1 fully saturated rings. The Labute approximate surface area is 108 Å². The van der Waals surface area contributed by atoms with Crippen LogP contribution < -0.4 is 5.32 Å². The zero-order chi connectivity index (χ0) is 13.6. The first-order valence-electron chi connectivity index (χ1n) is 6.92. The van der Waals surface area contributed by atoms with Gasteiger partial charge < -0.3 is 10.2 Å². The molecule has 0 bridgehead atoms. The van der Waals surface area contributed by atoms with Crippen molar-refractivity contribution in [2.45, 2.75) is 63.7 Å². The van der Waals surface area contributed by atoms with Crippen molar-refractivity contribution < 1.29 is 13.2 Å². The van der Waals surface area contributed by atoms with Gasteiger partial charge in [0.15, 0.2) is 0 Å². The highest BCUT2D eigenvalue weighted by atomic mass is 19.4. The number of rotatable bonds is 6. The van der Waals surface area contributed by atoms with Crippen LogP contribution in [0.1, 0.15) is 45.4 Å². The Balaban J connectivity index is 2.17. The average Bonchev–Trinajstić information content (AvgIpc) is 2.28. The van der Waals surface area contributed by atoms with Gasteiger partial charge in [-0.1, -0.05) is 6.92 Å². The molecule has 0 aliphatic heterocycles. The van der Waals surface area contributed by atoms with Crippen LogP contribution in [0.3, 0.4) is 0 Å². The number of nitrogens with one attached hydrogen (secondary N) is 1. The van der Waals surface area contributed by atoms with E-state index in [4.69, 9.17) is 0 Å². The van der Waals surface area contributed by atoms with Gasteiger partial charge in [-0.2, -0.15) is 13.2 Å². The lowest BCUT2D eigenvalue weighted by molar-refractivity contribution is -0.136. The van der Waals surface area contributed by atoms with Crippen LogP contribution in [0.25, 0.3) is 0 Å². The van der Waals surface area contributed by atoms with Gasteiger partial charge in [-0.25, -0.2) is 0 Å². The first-order valence-corrected chi connectivity index (χ1v) is 6.92. The Morgan fingerprint density at radius 1 is 1.17 bits per heavy atom. The van der Waals surface area contributed by atoms with Crippen LogP contribution in [0.15, 0.2) is 0 Å². The summed E-state index contributed by atoms with van der Waals surface area (Å²) in [6.07, 6.45) is 0.0192. The van der Waals surface area contributed by atoms with E-state index in [1.54, 1.807) is 0 Å². The molecule has 0 unspecified atom stereocenters. The first-order chi connectivity index (χ1) is 8.42. The molecular weight excluding hydrogens is 241 g/mol. The quantitative estimate of drug-likeness (QED) is 0.794. The summed E-state index contributed by atoms with van der Waals surface area (Å²) in [6.45, 7) is 3.65. The van der Waals surface area contributed by atoms with Gasteiger partial charge in [-0.05, 0) is 52.2 Å². The summed E-state index contributed by atoms with van der Waals surface area (Å²) in [4.78, 5) is 2.11. The lowest BCUT2D eigenvalue weighted by atomic mass is 9.90. The van der Waals surface area contributed by atoms with E-state index in [1.807, 2.05) is 7.05 Å². The van der Waals surface area contributed by atoms with Crippen LogP contribution in [0.2, 0.25) is 0 Å². The molecule has 0 aromatic heterocycles. The molecule has 0 saturated heterocycles. The third-order valence-corrected chi connectivity index (χ3v) is 3.78. The van der Waals surface area contributed by atoms with Crippen molar-refractivity contribution in [1.82, 2.24) is 10.2 Å². The van der Waals surface area contributed by atoms with Gasteiger partial charge >= 0.3 is 6.18 Å². The Bertz CT molecular complexity index is 223. The van der Waals surface area contributed by atoms with E-state index in [2.05, 4.69) is 17.1 Å². The standard InChI is InChI=1S/C13H25F3N2/c1-3-17-11-5-7-12(8-6-11)18(2)10-4-9-13(14,15)16/h11-12,17H,3-10H2,1-2H3. The third-order valence-electron chi connectivity index (χ3n) is 3.78. The summed E-state index contributed by atoms with van der Waals surface area (Å²) in [5.41, 5.74) is 0. The fourth-order valence-electron chi connectivity index (χ4n) is 2.72. The van der Waals surface area contributed by atoms with Crippen LogP contribution in [0.5, 0.6) is 0 Å². The summed E-state index contributed by atoms with van der Waals surface area (Å²) in [7, 11) is 1.95. The second-order valence-electron chi connectivity index (χ2n) is 5.26. The number of nitrogens with zero attached hydrogens (tertiary/aromatic N) is 1. The normalized spacial score (nSPS) is 25.7. The van der Waals surface area contributed by atoms with Crippen LogP contribution in [-0.4, -0.2) is 43.3 Å². The Morgan fingerprint density at radius 3 is 2.28 bits per heavy atom. The lowest BCUT2D eigenvalue weighted by Gasteiger charge is -2.35. The molecule has 0 aromatic carbocycles. The number of hydrogen-bond donors (Lipinski definition) is 1. The smallest absolute Gasteiger partial charge is 0.314 e. The van der Waals surface area contributed by atoms with Crippen molar-refractivity contribution in [2.75, 3.05) is 20.1 Å². The first kappa shape index (κ1) is 15.8. The molecule has 1 aliphatic carbocycles. The SMILES string of the molecule is CCNC1CCC(N(C)CCCC(F)(F)F)CC1. The van der Waals surface area contributed by atoms with Gasteiger partial charge in [0, 0.05) is 18.5 Å².